The first-order valence-corrected chi connectivity index (χ1v) is 7.26. The van der Waals surface area contributed by atoms with Crippen molar-refractivity contribution in [3.05, 3.63) is 23.9 Å². The Morgan fingerprint density at radius 2 is 1.89 bits per heavy atom. The van der Waals surface area contributed by atoms with E-state index in [0.717, 1.165) is 0 Å². The number of pyridine rings is 1. The van der Waals surface area contributed by atoms with Crippen molar-refractivity contribution in [1.29, 1.82) is 0 Å². The van der Waals surface area contributed by atoms with Crippen LogP contribution in [0, 0.1) is 0 Å². The summed E-state index contributed by atoms with van der Waals surface area (Å²) in [6.45, 7) is 3.58. The lowest BCUT2D eigenvalue weighted by atomic mass is 9.96. The van der Waals surface area contributed by atoms with Crippen LogP contribution in [0.2, 0.25) is 0 Å². The monoisotopic (exact) mass is 245 g/mol. The number of hydrogen-bond acceptors (Lipinski definition) is 3. The van der Waals surface area contributed by atoms with Crippen LogP contribution in [0.3, 0.4) is 0 Å². The van der Waals surface area contributed by atoms with Crippen molar-refractivity contribution in [2.24, 2.45) is 0 Å². The van der Waals surface area contributed by atoms with E-state index in [0.29, 0.717) is 6.04 Å². The Labute approximate surface area is 110 Å². The summed E-state index contributed by atoms with van der Waals surface area (Å²) >= 11 is 0. The number of piperidine rings is 1. The SMILES string of the molecule is CN1CCCC[C@H]1c1cccnc1N1CCCC1. The van der Waals surface area contributed by atoms with Crippen LogP contribution >= 0.6 is 0 Å². The summed E-state index contributed by atoms with van der Waals surface area (Å²) in [7, 11) is 2.25. The average molecular weight is 245 g/mol. The first-order chi connectivity index (χ1) is 8.86. The molecule has 0 radical (unpaired) electrons. The molecule has 3 heterocycles. The van der Waals surface area contributed by atoms with Gasteiger partial charge in [0.2, 0.25) is 0 Å². The molecule has 3 rings (SSSR count). The first-order valence-electron chi connectivity index (χ1n) is 7.26. The topological polar surface area (TPSA) is 19.4 Å². The molecule has 0 unspecified atom stereocenters. The highest BCUT2D eigenvalue weighted by molar-refractivity contribution is 5.49. The minimum absolute atomic E-state index is 0.572. The number of anilines is 1. The summed E-state index contributed by atoms with van der Waals surface area (Å²) in [5.41, 5.74) is 1.45. The minimum atomic E-state index is 0.572. The van der Waals surface area contributed by atoms with Crippen molar-refractivity contribution in [3.8, 4) is 0 Å². The van der Waals surface area contributed by atoms with E-state index in [1.807, 2.05) is 6.20 Å². The Bertz CT molecular complexity index is 398. The second-order valence-electron chi connectivity index (χ2n) is 5.60. The van der Waals surface area contributed by atoms with Gasteiger partial charge in [0.1, 0.15) is 5.82 Å². The molecule has 2 fully saturated rings. The van der Waals surface area contributed by atoms with Crippen LogP contribution in [0.5, 0.6) is 0 Å². The van der Waals surface area contributed by atoms with Crippen molar-refractivity contribution < 1.29 is 0 Å². The third-order valence-corrected chi connectivity index (χ3v) is 4.35. The Hall–Kier alpha value is -1.09. The van der Waals surface area contributed by atoms with Crippen molar-refractivity contribution in [2.75, 3.05) is 31.6 Å². The maximum atomic E-state index is 4.67. The van der Waals surface area contributed by atoms with Gasteiger partial charge in [0.05, 0.1) is 0 Å². The Kier molecular flexibility index (Phi) is 3.50. The molecule has 0 N–H and O–H groups in total. The number of hydrogen-bond donors (Lipinski definition) is 0. The number of nitrogens with zero attached hydrogens (tertiary/aromatic N) is 3. The molecule has 98 valence electrons. The first kappa shape index (κ1) is 12.0. The fourth-order valence-corrected chi connectivity index (χ4v) is 3.33. The molecule has 2 aliphatic heterocycles. The van der Waals surface area contributed by atoms with Gasteiger partial charge in [0, 0.05) is 30.9 Å². The molecule has 0 amide bonds. The third kappa shape index (κ3) is 2.24. The van der Waals surface area contributed by atoms with Crippen molar-refractivity contribution >= 4 is 5.82 Å². The lowest BCUT2D eigenvalue weighted by molar-refractivity contribution is 0.187. The molecule has 2 saturated heterocycles. The zero-order chi connectivity index (χ0) is 12.4. The van der Waals surface area contributed by atoms with E-state index < -0.39 is 0 Å². The van der Waals surface area contributed by atoms with E-state index in [-0.39, 0.29) is 0 Å². The predicted molar refractivity (Wildman–Crippen MR) is 74.9 cm³/mol. The lowest BCUT2D eigenvalue weighted by Gasteiger charge is -2.34. The van der Waals surface area contributed by atoms with Crippen LogP contribution < -0.4 is 4.90 Å². The maximum Gasteiger partial charge on any atom is 0.133 e. The smallest absolute Gasteiger partial charge is 0.133 e. The van der Waals surface area contributed by atoms with E-state index >= 15 is 0 Å². The molecule has 0 aliphatic carbocycles. The molecule has 2 aliphatic rings. The van der Waals surface area contributed by atoms with Crippen molar-refractivity contribution in [3.63, 3.8) is 0 Å². The van der Waals surface area contributed by atoms with Gasteiger partial charge in [0.25, 0.3) is 0 Å². The highest BCUT2D eigenvalue weighted by atomic mass is 15.2. The summed E-state index contributed by atoms with van der Waals surface area (Å²) in [5, 5.41) is 0. The molecule has 1 aromatic heterocycles. The largest absolute Gasteiger partial charge is 0.356 e. The zero-order valence-corrected chi connectivity index (χ0v) is 11.3. The summed E-state index contributed by atoms with van der Waals surface area (Å²) < 4.78 is 0. The van der Waals surface area contributed by atoms with Crippen LogP contribution in [0.15, 0.2) is 18.3 Å². The van der Waals surface area contributed by atoms with E-state index in [1.54, 1.807) is 0 Å². The van der Waals surface area contributed by atoms with E-state index in [2.05, 4.69) is 34.0 Å². The Morgan fingerprint density at radius 3 is 2.67 bits per heavy atom. The lowest BCUT2D eigenvalue weighted by Crippen LogP contribution is -2.31. The van der Waals surface area contributed by atoms with Gasteiger partial charge in [-0.2, -0.15) is 0 Å². The van der Waals surface area contributed by atoms with Gasteiger partial charge in [-0.3, -0.25) is 4.90 Å². The molecule has 1 aromatic rings. The number of rotatable bonds is 2. The van der Waals surface area contributed by atoms with E-state index in [1.165, 1.54) is 63.1 Å². The van der Waals surface area contributed by atoms with Gasteiger partial charge < -0.3 is 4.90 Å². The maximum absolute atomic E-state index is 4.67. The van der Waals surface area contributed by atoms with Crippen LogP contribution in [0.25, 0.3) is 0 Å². The summed E-state index contributed by atoms with van der Waals surface area (Å²) in [6.07, 6.45) is 8.55. The normalized spacial score (nSPS) is 25.6. The highest BCUT2D eigenvalue weighted by Crippen LogP contribution is 2.35. The summed E-state index contributed by atoms with van der Waals surface area (Å²) in [5.74, 6) is 1.24. The van der Waals surface area contributed by atoms with Gasteiger partial charge in [0.15, 0.2) is 0 Å². The van der Waals surface area contributed by atoms with Gasteiger partial charge in [-0.1, -0.05) is 12.5 Å². The fourth-order valence-electron chi connectivity index (χ4n) is 3.33. The Balaban J connectivity index is 1.90. The molecule has 0 bridgehead atoms. The molecule has 18 heavy (non-hydrogen) atoms. The highest BCUT2D eigenvalue weighted by Gasteiger charge is 2.26. The van der Waals surface area contributed by atoms with Gasteiger partial charge >= 0.3 is 0 Å². The van der Waals surface area contributed by atoms with Crippen LogP contribution in [0.1, 0.15) is 43.7 Å². The van der Waals surface area contributed by atoms with Crippen LogP contribution in [-0.4, -0.2) is 36.6 Å². The van der Waals surface area contributed by atoms with Gasteiger partial charge in [-0.25, -0.2) is 4.98 Å². The molecular formula is C15H23N3. The molecule has 0 saturated carbocycles. The number of likely N-dealkylation sites (tertiary alicyclic amines) is 1. The van der Waals surface area contributed by atoms with Crippen LogP contribution in [-0.2, 0) is 0 Å². The van der Waals surface area contributed by atoms with Gasteiger partial charge in [-0.15, -0.1) is 0 Å². The second-order valence-corrected chi connectivity index (χ2v) is 5.60. The summed E-state index contributed by atoms with van der Waals surface area (Å²) in [6, 6.07) is 4.95. The minimum Gasteiger partial charge on any atom is -0.356 e. The second kappa shape index (κ2) is 5.27. The molecule has 3 nitrogen and oxygen atoms in total. The predicted octanol–water partition coefficient (Wildman–Crippen LogP) is 2.84. The van der Waals surface area contributed by atoms with Gasteiger partial charge in [-0.05, 0) is 45.3 Å². The molecule has 1 atom stereocenters. The molecular weight excluding hydrogens is 222 g/mol. The molecule has 0 aromatic carbocycles. The quantitative estimate of drug-likeness (QED) is 0.798. The summed E-state index contributed by atoms with van der Waals surface area (Å²) in [4.78, 5) is 9.64. The molecule has 0 spiro atoms. The average Bonchev–Trinajstić information content (AvgIpc) is 2.93. The zero-order valence-electron chi connectivity index (χ0n) is 11.3. The standard InChI is InChI=1S/C15H23N3/c1-17-10-3-2-8-14(17)13-7-6-9-16-15(13)18-11-4-5-12-18/h6-7,9,14H,2-5,8,10-12H2,1H3/t14-/m0/s1. The van der Waals surface area contributed by atoms with E-state index in [4.69, 9.17) is 0 Å². The van der Waals surface area contributed by atoms with Crippen molar-refractivity contribution in [2.45, 2.75) is 38.1 Å². The molecule has 3 heteroatoms. The Morgan fingerprint density at radius 1 is 1.11 bits per heavy atom. The van der Waals surface area contributed by atoms with Crippen LogP contribution in [0.4, 0.5) is 5.82 Å². The fraction of sp³-hybridized carbons (Fsp3) is 0.667. The third-order valence-electron chi connectivity index (χ3n) is 4.35. The van der Waals surface area contributed by atoms with E-state index in [9.17, 15) is 0 Å². The van der Waals surface area contributed by atoms with Crippen molar-refractivity contribution in [1.82, 2.24) is 9.88 Å². The number of aromatic nitrogens is 1.